The fourth-order valence-corrected chi connectivity index (χ4v) is 4.19. The van der Waals surface area contributed by atoms with E-state index in [1.807, 2.05) is 0 Å². The van der Waals surface area contributed by atoms with E-state index in [-0.39, 0.29) is 4.90 Å². The van der Waals surface area contributed by atoms with Crippen molar-refractivity contribution in [3.63, 3.8) is 0 Å². The number of rotatable bonds is 2. The summed E-state index contributed by atoms with van der Waals surface area (Å²) in [7, 11) is -3.91. The summed E-state index contributed by atoms with van der Waals surface area (Å²) >= 11 is 6.37. The maximum Gasteiger partial charge on any atom is 0.339 e. The summed E-state index contributed by atoms with van der Waals surface area (Å²) in [6.45, 7) is 1.61. The van der Waals surface area contributed by atoms with Crippen LogP contribution in [0.1, 0.15) is 5.69 Å². The zero-order valence-corrected chi connectivity index (χ0v) is 13.1. The molecule has 0 aliphatic carbocycles. The largest absolute Gasteiger partial charge is 0.339 e. The van der Waals surface area contributed by atoms with E-state index in [1.54, 1.807) is 19.1 Å². The van der Waals surface area contributed by atoms with Gasteiger partial charge in [-0.25, -0.2) is 13.2 Å². The predicted molar refractivity (Wildman–Crippen MR) is 74.2 cm³/mol. The minimum atomic E-state index is -3.91. The molecule has 96 valence electrons. The van der Waals surface area contributed by atoms with Crippen molar-refractivity contribution in [1.82, 2.24) is 8.96 Å². The van der Waals surface area contributed by atoms with Crippen LogP contribution in [-0.4, -0.2) is 17.4 Å². The number of H-pyrrole nitrogens is 1. The van der Waals surface area contributed by atoms with Crippen molar-refractivity contribution in [3.05, 3.63) is 49.5 Å². The number of halogens is 2. The second kappa shape index (κ2) is 4.67. The van der Waals surface area contributed by atoms with Gasteiger partial charge in [-0.2, -0.15) is 3.97 Å². The van der Waals surface area contributed by atoms with Crippen molar-refractivity contribution >= 4 is 41.9 Å². The molecule has 18 heavy (non-hydrogen) atoms. The zero-order chi connectivity index (χ0) is 13.5. The summed E-state index contributed by atoms with van der Waals surface area (Å²) in [5.41, 5.74) is -0.200. The van der Waals surface area contributed by atoms with Crippen LogP contribution in [0, 0.1) is 6.92 Å². The van der Waals surface area contributed by atoms with Gasteiger partial charge in [0.05, 0.1) is 0 Å². The van der Waals surface area contributed by atoms with Gasteiger partial charge >= 0.3 is 5.69 Å². The third-order valence-electron chi connectivity index (χ3n) is 2.25. The third kappa shape index (κ3) is 2.32. The molecule has 2 rings (SSSR count). The summed E-state index contributed by atoms with van der Waals surface area (Å²) in [6, 6.07) is 4.74. The summed E-state index contributed by atoms with van der Waals surface area (Å²) in [5, 5.41) is 0. The summed E-state index contributed by atoms with van der Waals surface area (Å²) in [4.78, 5) is 14.0. The number of imidazole rings is 1. The molecule has 1 heterocycles. The van der Waals surface area contributed by atoms with E-state index in [4.69, 9.17) is 0 Å². The van der Waals surface area contributed by atoms with E-state index in [2.05, 4.69) is 36.8 Å². The molecule has 0 aliphatic heterocycles. The maximum atomic E-state index is 12.3. The van der Waals surface area contributed by atoms with E-state index < -0.39 is 15.7 Å². The number of nitrogens with zero attached hydrogens (tertiary/aromatic N) is 1. The molecule has 0 radical (unpaired) electrons. The Morgan fingerprint density at radius 1 is 1.28 bits per heavy atom. The van der Waals surface area contributed by atoms with Crippen molar-refractivity contribution < 1.29 is 8.42 Å². The Labute approximate surface area is 120 Å². The summed E-state index contributed by atoms with van der Waals surface area (Å²) in [5.74, 6) is 0. The molecule has 1 N–H and O–H groups in total. The first-order valence-corrected chi connectivity index (χ1v) is 7.84. The number of aromatic nitrogens is 2. The van der Waals surface area contributed by atoms with Gasteiger partial charge in [-0.15, -0.1) is 0 Å². The van der Waals surface area contributed by atoms with Gasteiger partial charge in [0, 0.05) is 20.8 Å². The fraction of sp³-hybridized carbons (Fsp3) is 0.100. The molecule has 0 saturated carbocycles. The quantitative estimate of drug-likeness (QED) is 0.847. The number of hydrogen-bond donors (Lipinski definition) is 1. The van der Waals surface area contributed by atoms with Crippen molar-refractivity contribution in [2.45, 2.75) is 11.8 Å². The van der Waals surface area contributed by atoms with Crippen LogP contribution in [0.15, 0.2) is 43.0 Å². The van der Waals surface area contributed by atoms with Crippen LogP contribution in [-0.2, 0) is 10.0 Å². The first-order chi connectivity index (χ1) is 8.32. The van der Waals surface area contributed by atoms with Crippen LogP contribution in [0.5, 0.6) is 0 Å². The first kappa shape index (κ1) is 13.6. The van der Waals surface area contributed by atoms with Crippen molar-refractivity contribution in [3.8, 4) is 0 Å². The normalized spacial score (nSPS) is 11.7. The van der Waals surface area contributed by atoms with Gasteiger partial charge in [0.2, 0.25) is 0 Å². The molecule has 5 nitrogen and oxygen atoms in total. The van der Waals surface area contributed by atoms with Crippen LogP contribution in [0.2, 0.25) is 0 Å². The highest BCUT2D eigenvalue weighted by Crippen LogP contribution is 2.26. The van der Waals surface area contributed by atoms with E-state index >= 15 is 0 Å². The fourth-order valence-electron chi connectivity index (χ4n) is 1.45. The molecule has 1 aromatic heterocycles. The highest BCUT2D eigenvalue weighted by atomic mass is 79.9. The van der Waals surface area contributed by atoms with Crippen molar-refractivity contribution in [2.75, 3.05) is 0 Å². The van der Waals surface area contributed by atoms with Crippen LogP contribution in [0.4, 0.5) is 0 Å². The monoisotopic (exact) mass is 394 g/mol. The van der Waals surface area contributed by atoms with Gasteiger partial charge in [-0.3, -0.25) is 0 Å². The van der Waals surface area contributed by atoms with E-state index in [0.29, 0.717) is 18.6 Å². The Morgan fingerprint density at radius 2 is 1.94 bits per heavy atom. The summed E-state index contributed by atoms with van der Waals surface area (Å²) in [6.07, 6.45) is 1.25. The molecular weight excluding hydrogens is 388 g/mol. The standard InChI is InChI=1S/C10H8Br2N2O3S/c1-6-5-14(10(15)13-6)18(16,17)9-4-7(11)2-3-8(9)12/h2-5H,1H3,(H,13,15). The van der Waals surface area contributed by atoms with Crippen molar-refractivity contribution in [2.24, 2.45) is 0 Å². The van der Waals surface area contributed by atoms with Gasteiger partial charge in [-0.05, 0) is 41.1 Å². The number of nitrogens with one attached hydrogen (secondary N) is 1. The maximum absolute atomic E-state index is 12.3. The van der Waals surface area contributed by atoms with E-state index in [0.717, 1.165) is 0 Å². The molecule has 0 fully saturated rings. The molecular formula is C10H8Br2N2O3S. The molecule has 2 aromatic rings. The van der Waals surface area contributed by atoms with Gasteiger partial charge in [0.15, 0.2) is 0 Å². The Balaban J connectivity index is 2.73. The molecule has 0 amide bonds. The second-order valence-corrected chi connectivity index (χ2v) is 7.17. The first-order valence-electron chi connectivity index (χ1n) is 4.81. The average molecular weight is 396 g/mol. The minimum Gasteiger partial charge on any atom is -0.309 e. The van der Waals surface area contributed by atoms with Crippen LogP contribution < -0.4 is 5.69 Å². The Morgan fingerprint density at radius 3 is 2.50 bits per heavy atom. The molecule has 0 bridgehead atoms. The van der Waals surface area contributed by atoms with Crippen molar-refractivity contribution in [1.29, 1.82) is 0 Å². The van der Waals surface area contributed by atoms with E-state index in [9.17, 15) is 13.2 Å². The lowest BCUT2D eigenvalue weighted by molar-refractivity contribution is 0.585. The summed E-state index contributed by atoms with van der Waals surface area (Å²) < 4.78 is 26.4. The molecule has 0 atom stereocenters. The average Bonchev–Trinajstić information content (AvgIpc) is 2.62. The van der Waals surface area contributed by atoms with Crippen LogP contribution >= 0.6 is 31.9 Å². The topological polar surface area (TPSA) is 71.9 Å². The minimum absolute atomic E-state index is 0.0259. The lowest BCUT2D eigenvalue weighted by Gasteiger charge is -2.06. The molecule has 0 spiro atoms. The van der Waals surface area contributed by atoms with E-state index in [1.165, 1.54) is 12.3 Å². The molecule has 8 heteroatoms. The lowest BCUT2D eigenvalue weighted by atomic mass is 10.4. The molecule has 0 saturated heterocycles. The van der Waals surface area contributed by atoms with Gasteiger partial charge in [-0.1, -0.05) is 15.9 Å². The SMILES string of the molecule is Cc1cn(S(=O)(=O)c2cc(Br)ccc2Br)c(=O)[nH]1. The highest BCUT2D eigenvalue weighted by molar-refractivity contribution is 9.11. The Hall–Kier alpha value is -0.860. The zero-order valence-electron chi connectivity index (χ0n) is 9.15. The smallest absolute Gasteiger partial charge is 0.309 e. The molecule has 1 aromatic carbocycles. The lowest BCUT2D eigenvalue weighted by Crippen LogP contribution is -2.24. The van der Waals surface area contributed by atoms with Crippen LogP contribution in [0.3, 0.4) is 0 Å². The number of hydrogen-bond acceptors (Lipinski definition) is 3. The van der Waals surface area contributed by atoms with Gasteiger partial charge < -0.3 is 4.98 Å². The number of benzene rings is 1. The van der Waals surface area contributed by atoms with Gasteiger partial charge in [0.1, 0.15) is 4.90 Å². The highest BCUT2D eigenvalue weighted by Gasteiger charge is 2.22. The molecule has 0 unspecified atom stereocenters. The predicted octanol–water partition coefficient (Wildman–Crippen LogP) is 2.25. The molecule has 0 aliphatic rings. The Kier molecular flexibility index (Phi) is 3.52. The van der Waals surface area contributed by atoms with Gasteiger partial charge in [0.25, 0.3) is 10.0 Å². The number of aryl methyl sites for hydroxylation is 1. The second-order valence-electron chi connectivity index (χ2n) is 3.62. The van der Waals surface area contributed by atoms with Crippen LogP contribution in [0.25, 0.3) is 0 Å². The third-order valence-corrected chi connectivity index (χ3v) is 5.38. The number of aromatic amines is 1. The Bertz CT molecular complexity index is 762.